The van der Waals surface area contributed by atoms with E-state index >= 15 is 0 Å². The van der Waals surface area contributed by atoms with Crippen molar-refractivity contribution in [1.82, 2.24) is 25.3 Å². The summed E-state index contributed by atoms with van der Waals surface area (Å²) < 4.78 is 43.9. The summed E-state index contributed by atoms with van der Waals surface area (Å²) in [6, 6.07) is -0.705. The number of amides is 2. The number of urea groups is 1. The third-order valence-corrected chi connectivity index (χ3v) is 3.92. The van der Waals surface area contributed by atoms with E-state index in [-0.39, 0.29) is 19.1 Å². The van der Waals surface area contributed by atoms with Gasteiger partial charge in [0, 0.05) is 26.2 Å². The van der Waals surface area contributed by atoms with E-state index in [0.717, 1.165) is 11.3 Å². The van der Waals surface area contributed by atoms with E-state index in [4.69, 9.17) is 4.74 Å². The Labute approximate surface area is 138 Å². The molecule has 0 unspecified atom stereocenters. The molecule has 0 bridgehead atoms. The van der Waals surface area contributed by atoms with E-state index in [1.165, 1.54) is 12.0 Å². The maximum atomic E-state index is 12.4. The van der Waals surface area contributed by atoms with E-state index < -0.39 is 18.8 Å². The fourth-order valence-corrected chi connectivity index (χ4v) is 2.89. The first kappa shape index (κ1) is 18.4. The number of likely N-dealkylation sites (tertiary alicyclic amines) is 1. The molecule has 136 valence electrons. The third-order valence-electron chi connectivity index (χ3n) is 3.92. The third kappa shape index (κ3) is 4.76. The van der Waals surface area contributed by atoms with Crippen molar-refractivity contribution < 1.29 is 22.7 Å². The summed E-state index contributed by atoms with van der Waals surface area (Å²) in [6.07, 6.45) is -3.72. The lowest BCUT2D eigenvalue weighted by molar-refractivity contribution is -0.143. The molecule has 2 heterocycles. The van der Waals surface area contributed by atoms with Crippen LogP contribution < -0.4 is 15.4 Å². The average Bonchev–Trinajstić information content (AvgIpc) is 2.98. The van der Waals surface area contributed by atoms with Gasteiger partial charge >= 0.3 is 12.2 Å². The number of alkyl halides is 3. The first-order chi connectivity index (χ1) is 11.2. The Hall–Kier alpha value is -1.97. The number of nitrogens with one attached hydrogen (secondary N) is 2. The molecule has 2 rings (SSSR count). The number of aryl methyl sites for hydroxylation is 2. The second-order valence-electron chi connectivity index (χ2n) is 5.86. The van der Waals surface area contributed by atoms with Crippen LogP contribution in [-0.2, 0) is 13.6 Å². The molecule has 1 saturated heterocycles. The molecule has 1 aliphatic rings. The highest BCUT2D eigenvalue weighted by molar-refractivity contribution is 5.74. The maximum absolute atomic E-state index is 12.4. The highest BCUT2D eigenvalue weighted by Gasteiger charge is 2.34. The van der Waals surface area contributed by atoms with Crippen LogP contribution in [0.1, 0.15) is 17.7 Å². The standard InChI is InChI=1S/C14H22F3N5O2/c1-9-11(12(24-3)21(2)20-9)6-18-13(23)19-10-4-5-22(7-10)8-14(15,16)17/h10H,4-8H2,1-3H3,(H2,18,19,23)/t10-/m0/s1. The number of aromatic nitrogens is 2. The van der Waals surface area contributed by atoms with Crippen LogP contribution in [0.5, 0.6) is 5.88 Å². The molecule has 24 heavy (non-hydrogen) atoms. The Morgan fingerprint density at radius 3 is 2.79 bits per heavy atom. The van der Waals surface area contributed by atoms with Crippen LogP contribution in [0.15, 0.2) is 0 Å². The SMILES string of the molecule is COc1c(CNC(=O)N[C@H]2CCN(CC(F)(F)F)C2)c(C)nn1C. The predicted octanol–water partition coefficient (Wildman–Crippen LogP) is 1.17. The smallest absolute Gasteiger partial charge is 0.401 e. The van der Waals surface area contributed by atoms with Crippen molar-refractivity contribution in [3.05, 3.63) is 11.3 Å². The number of nitrogens with zero attached hydrogens (tertiary/aromatic N) is 3. The number of carbonyl (C=O) groups is 1. The fourth-order valence-electron chi connectivity index (χ4n) is 2.89. The Balaban J connectivity index is 1.81. The Bertz CT molecular complexity index is 588. The Morgan fingerprint density at radius 2 is 2.17 bits per heavy atom. The van der Waals surface area contributed by atoms with Crippen LogP contribution in [0.4, 0.5) is 18.0 Å². The van der Waals surface area contributed by atoms with Gasteiger partial charge < -0.3 is 15.4 Å². The second kappa shape index (κ2) is 7.29. The highest BCUT2D eigenvalue weighted by atomic mass is 19.4. The molecule has 0 aliphatic carbocycles. The van der Waals surface area contributed by atoms with Gasteiger partial charge in [0.25, 0.3) is 0 Å². The zero-order valence-corrected chi connectivity index (χ0v) is 13.9. The quantitative estimate of drug-likeness (QED) is 0.837. The molecular formula is C14H22F3N5O2. The molecule has 0 radical (unpaired) electrons. The van der Waals surface area contributed by atoms with Gasteiger partial charge in [-0.3, -0.25) is 4.90 Å². The number of hydrogen-bond donors (Lipinski definition) is 2. The summed E-state index contributed by atoms with van der Waals surface area (Å²) in [4.78, 5) is 13.2. The summed E-state index contributed by atoms with van der Waals surface area (Å²) >= 11 is 0. The van der Waals surface area contributed by atoms with Gasteiger partial charge in [0.1, 0.15) is 0 Å². The molecule has 2 amide bonds. The van der Waals surface area contributed by atoms with Gasteiger partial charge in [-0.2, -0.15) is 18.3 Å². The molecule has 1 aliphatic heterocycles. The van der Waals surface area contributed by atoms with Gasteiger partial charge in [-0.05, 0) is 13.3 Å². The van der Waals surface area contributed by atoms with E-state index in [1.54, 1.807) is 11.7 Å². The molecule has 1 aromatic heterocycles. The lowest BCUT2D eigenvalue weighted by Crippen LogP contribution is -2.43. The van der Waals surface area contributed by atoms with Gasteiger partial charge in [0.05, 0.1) is 31.5 Å². The number of methoxy groups -OCH3 is 1. The van der Waals surface area contributed by atoms with E-state index in [1.807, 2.05) is 6.92 Å². The summed E-state index contributed by atoms with van der Waals surface area (Å²) in [5, 5.41) is 9.61. The van der Waals surface area contributed by atoms with Crippen LogP contribution in [-0.4, -0.2) is 59.7 Å². The summed E-state index contributed by atoms with van der Waals surface area (Å²) in [5.74, 6) is 0.560. The van der Waals surface area contributed by atoms with E-state index in [2.05, 4.69) is 15.7 Å². The first-order valence-electron chi connectivity index (χ1n) is 7.59. The Morgan fingerprint density at radius 1 is 1.46 bits per heavy atom. The molecule has 1 fully saturated rings. The van der Waals surface area contributed by atoms with Crippen LogP contribution in [0.25, 0.3) is 0 Å². The van der Waals surface area contributed by atoms with Crippen molar-refractivity contribution >= 4 is 6.03 Å². The number of carbonyl (C=O) groups excluding carboxylic acids is 1. The van der Waals surface area contributed by atoms with E-state index in [9.17, 15) is 18.0 Å². The highest BCUT2D eigenvalue weighted by Crippen LogP contribution is 2.21. The number of halogens is 3. The lowest BCUT2D eigenvalue weighted by atomic mass is 10.2. The maximum Gasteiger partial charge on any atom is 0.401 e. The van der Waals surface area contributed by atoms with Gasteiger partial charge in [-0.25, -0.2) is 9.48 Å². The van der Waals surface area contributed by atoms with Crippen molar-refractivity contribution in [3.8, 4) is 5.88 Å². The minimum absolute atomic E-state index is 0.197. The molecular weight excluding hydrogens is 327 g/mol. The zero-order valence-electron chi connectivity index (χ0n) is 13.9. The average molecular weight is 349 g/mol. The number of hydrogen-bond acceptors (Lipinski definition) is 4. The summed E-state index contributed by atoms with van der Waals surface area (Å²) in [5.41, 5.74) is 1.51. The minimum atomic E-state index is -4.22. The van der Waals surface area contributed by atoms with Crippen LogP contribution >= 0.6 is 0 Å². The van der Waals surface area contributed by atoms with Gasteiger partial charge in [0.15, 0.2) is 0 Å². The van der Waals surface area contributed by atoms with E-state index in [0.29, 0.717) is 18.8 Å². The minimum Gasteiger partial charge on any atom is -0.481 e. The Kier molecular flexibility index (Phi) is 5.58. The summed E-state index contributed by atoms with van der Waals surface area (Å²) in [7, 11) is 3.26. The molecule has 10 heteroatoms. The molecule has 1 aromatic rings. The second-order valence-corrected chi connectivity index (χ2v) is 5.86. The van der Waals surface area contributed by atoms with Crippen LogP contribution in [0.3, 0.4) is 0 Å². The molecule has 7 nitrogen and oxygen atoms in total. The molecule has 1 atom stereocenters. The number of rotatable bonds is 5. The largest absolute Gasteiger partial charge is 0.481 e. The monoisotopic (exact) mass is 349 g/mol. The van der Waals surface area contributed by atoms with Crippen molar-refractivity contribution in [2.75, 3.05) is 26.7 Å². The molecule has 0 spiro atoms. The van der Waals surface area contributed by atoms with Crippen molar-refractivity contribution in [3.63, 3.8) is 0 Å². The summed E-state index contributed by atoms with van der Waals surface area (Å²) in [6.45, 7) is 1.61. The number of ether oxygens (including phenoxy) is 1. The van der Waals surface area contributed by atoms with Crippen molar-refractivity contribution in [1.29, 1.82) is 0 Å². The predicted molar refractivity (Wildman–Crippen MR) is 80.8 cm³/mol. The van der Waals surface area contributed by atoms with Crippen molar-refractivity contribution in [2.45, 2.75) is 32.1 Å². The topological polar surface area (TPSA) is 71.4 Å². The lowest BCUT2D eigenvalue weighted by Gasteiger charge is -2.18. The first-order valence-corrected chi connectivity index (χ1v) is 7.59. The fraction of sp³-hybridized carbons (Fsp3) is 0.714. The zero-order chi connectivity index (χ0) is 17.9. The molecule has 0 aromatic carbocycles. The molecule has 2 N–H and O–H groups in total. The van der Waals surface area contributed by atoms with Crippen LogP contribution in [0, 0.1) is 6.92 Å². The van der Waals surface area contributed by atoms with Gasteiger partial charge in [0.2, 0.25) is 5.88 Å². The van der Waals surface area contributed by atoms with Gasteiger partial charge in [-0.1, -0.05) is 0 Å². The van der Waals surface area contributed by atoms with Crippen LogP contribution in [0.2, 0.25) is 0 Å². The normalized spacial score (nSPS) is 18.7. The van der Waals surface area contributed by atoms with Gasteiger partial charge in [-0.15, -0.1) is 0 Å². The molecule has 0 saturated carbocycles. The van der Waals surface area contributed by atoms with Crippen molar-refractivity contribution in [2.24, 2.45) is 7.05 Å².